The first-order valence-corrected chi connectivity index (χ1v) is 7.29. The van der Waals surface area contributed by atoms with Gasteiger partial charge in [0.2, 0.25) is 0 Å². The van der Waals surface area contributed by atoms with Crippen molar-refractivity contribution in [2.75, 3.05) is 11.9 Å². The van der Waals surface area contributed by atoms with Gasteiger partial charge in [-0.25, -0.2) is 4.98 Å². The van der Waals surface area contributed by atoms with E-state index in [1.807, 2.05) is 6.92 Å². The Morgan fingerprint density at radius 1 is 1.48 bits per heavy atom. The maximum absolute atomic E-state index is 12.3. The van der Waals surface area contributed by atoms with Gasteiger partial charge < -0.3 is 10.6 Å². The Kier molecular flexibility index (Phi) is 6.44. The number of nitrogens with zero attached hydrogens (tertiary/aromatic N) is 1. The molecule has 118 valence electrons. The minimum Gasteiger partial charge on any atom is -0.369 e. The standard InChI is InChI=1S/C13H17BrF3N3O/c1-3-4-18-11-10(5-9(14)7-19-11)12(21)20-8(2)6-13(15,16)17/h5,7-8H,3-4,6H2,1-2H3,(H,18,19)(H,20,21). The molecule has 0 saturated carbocycles. The SMILES string of the molecule is CCCNc1ncc(Br)cc1C(=O)NC(C)CC(F)(F)F. The normalized spacial score (nSPS) is 12.9. The number of hydrogen-bond acceptors (Lipinski definition) is 3. The van der Waals surface area contributed by atoms with E-state index in [-0.39, 0.29) is 5.56 Å². The van der Waals surface area contributed by atoms with E-state index in [0.29, 0.717) is 16.8 Å². The number of halogens is 4. The van der Waals surface area contributed by atoms with Crippen LogP contribution in [0.3, 0.4) is 0 Å². The number of carbonyl (C=O) groups is 1. The summed E-state index contributed by atoms with van der Waals surface area (Å²) in [4.78, 5) is 16.2. The first-order chi connectivity index (χ1) is 9.73. The van der Waals surface area contributed by atoms with Gasteiger partial charge in [0.25, 0.3) is 5.91 Å². The van der Waals surface area contributed by atoms with Crippen molar-refractivity contribution in [1.29, 1.82) is 0 Å². The van der Waals surface area contributed by atoms with E-state index in [0.717, 1.165) is 6.42 Å². The second-order valence-corrected chi connectivity index (χ2v) is 5.59. The molecule has 1 aromatic rings. The second kappa shape index (κ2) is 7.63. The fourth-order valence-electron chi connectivity index (χ4n) is 1.70. The monoisotopic (exact) mass is 367 g/mol. The third-order valence-electron chi connectivity index (χ3n) is 2.56. The smallest absolute Gasteiger partial charge is 0.369 e. The summed E-state index contributed by atoms with van der Waals surface area (Å²) in [5, 5.41) is 5.31. The molecule has 0 spiro atoms. The van der Waals surface area contributed by atoms with Crippen molar-refractivity contribution in [2.45, 2.75) is 38.9 Å². The molecule has 1 unspecified atom stereocenters. The summed E-state index contributed by atoms with van der Waals surface area (Å²) >= 11 is 3.20. The Bertz CT molecular complexity index is 494. The molecular weight excluding hydrogens is 351 g/mol. The van der Waals surface area contributed by atoms with Crippen molar-refractivity contribution in [3.05, 3.63) is 22.3 Å². The van der Waals surface area contributed by atoms with Crippen molar-refractivity contribution in [1.82, 2.24) is 10.3 Å². The molecule has 0 fully saturated rings. The van der Waals surface area contributed by atoms with Crippen LogP contribution in [-0.2, 0) is 0 Å². The molecule has 0 aliphatic rings. The van der Waals surface area contributed by atoms with Gasteiger partial charge in [0.15, 0.2) is 0 Å². The van der Waals surface area contributed by atoms with E-state index >= 15 is 0 Å². The molecule has 0 aromatic carbocycles. The third kappa shape index (κ3) is 6.33. The summed E-state index contributed by atoms with van der Waals surface area (Å²) in [5.74, 6) is -0.226. The fourth-order valence-corrected chi connectivity index (χ4v) is 2.03. The summed E-state index contributed by atoms with van der Waals surface area (Å²) in [6.45, 7) is 3.89. The average Bonchev–Trinajstić information content (AvgIpc) is 2.34. The van der Waals surface area contributed by atoms with Crippen LogP contribution in [0.25, 0.3) is 0 Å². The molecule has 21 heavy (non-hydrogen) atoms. The Hall–Kier alpha value is -1.31. The highest BCUT2D eigenvalue weighted by molar-refractivity contribution is 9.10. The summed E-state index contributed by atoms with van der Waals surface area (Å²) in [6, 6.07) is 0.524. The average molecular weight is 368 g/mol. The predicted molar refractivity (Wildman–Crippen MR) is 78.3 cm³/mol. The zero-order valence-corrected chi connectivity index (χ0v) is 13.3. The van der Waals surface area contributed by atoms with Crippen LogP contribution in [0.1, 0.15) is 37.0 Å². The number of hydrogen-bond donors (Lipinski definition) is 2. The highest BCUT2D eigenvalue weighted by Crippen LogP contribution is 2.22. The summed E-state index contributed by atoms with van der Waals surface area (Å²) in [6.07, 6.45) is -3.03. The Balaban J connectivity index is 2.83. The third-order valence-corrected chi connectivity index (χ3v) is 2.99. The van der Waals surface area contributed by atoms with Crippen molar-refractivity contribution < 1.29 is 18.0 Å². The molecule has 1 heterocycles. The van der Waals surface area contributed by atoms with Gasteiger partial charge in [-0.05, 0) is 35.3 Å². The highest BCUT2D eigenvalue weighted by atomic mass is 79.9. The van der Waals surface area contributed by atoms with E-state index < -0.39 is 24.5 Å². The van der Waals surface area contributed by atoms with Crippen LogP contribution in [0.15, 0.2) is 16.7 Å². The molecule has 0 aliphatic heterocycles. The van der Waals surface area contributed by atoms with E-state index in [9.17, 15) is 18.0 Å². The van der Waals surface area contributed by atoms with Crippen LogP contribution in [0.4, 0.5) is 19.0 Å². The number of amides is 1. The van der Waals surface area contributed by atoms with Crippen LogP contribution in [0, 0.1) is 0 Å². The first-order valence-electron chi connectivity index (χ1n) is 6.50. The van der Waals surface area contributed by atoms with Gasteiger partial charge in [0, 0.05) is 23.3 Å². The lowest BCUT2D eigenvalue weighted by Gasteiger charge is -2.17. The number of carbonyl (C=O) groups excluding carboxylic acids is 1. The zero-order chi connectivity index (χ0) is 16.0. The second-order valence-electron chi connectivity index (χ2n) is 4.67. The number of aromatic nitrogens is 1. The van der Waals surface area contributed by atoms with E-state index in [1.165, 1.54) is 19.2 Å². The van der Waals surface area contributed by atoms with Crippen LogP contribution in [0.5, 0.6) is 0 Å². The van der Waals surface area contributed by atoms with Crippen LogP contribution in [-0.4, -0.2) is 29.7 Å². The molecule has 0 aliphatic carbocycles. The highest BCUT2D eigenvalue weighted by Gasteiger charge is 2.31. The van der Waals surface area contributed by atoms with E-state index in [4.69, 9.17) is 0 Å². The maximum atomic E-state index is 12.3. The van der Waals surface area contributed by atoms with Crippen molar-refractivity contribution in [3.8, 4) is 0 Å². The van der Waals surface area contributed by atoms with Crippen LogP contribution in [0.2, 0.25) is 0 Å². The van der Waals surface area contributed by atoms with Crippen molar-refractivity contribution in [3.63, 3.8) is 0 Å². The number of rotatable bonds is 6. The lowest BCUT2D eigenvalue weighted by atomic mass is 10.2. The molecule has 4 nitrogen and oxygen atoms in total. The topological polar surface area (TPSA) is 54.0 Å². The van der Waals surface area contributed by atoms with Gasteiger partial charge in [-0.1, -0.05) is 6.92 Å². The number of pyridine rings is 1. The predicted octanol–water partition coefficient (Wildman–Crippen LogP) is 3.74. The lowest BCUT2D eigenvalue weighted by molar-refractivity contribution is -0.138. The largest absolute Gasteiger partial charge is 0.391 e. The Morgan fingerprint density at radius 3 is 2.71 bits per heavy atom. The summed E-state index contributed by atoms with van der Waals surface area (Å²) < 4.78 is 37.4. The van der Waals surface area contributed by atoms with E-state index in [1.54, 1.807) is 0 Å². The maximum Gasteiger partial charge on any atom is 0.391 e. The number of nitrogens with one attached hydrogen (secondary N) is 2. The van der Waals surface area contributed by atoms with Gasteiger partial charge in [0.05, 0.1) is 12.0 Å². The molecule has 1 aromatic heterocycles. The minimum atomic E-state index is -4.31. The molecule has 1 atom stereocenters. The molecule has 8 heteroatoms. The van der Waals surface area contributed by atoms with Crippen LogP contribution < -0.4 is 10.6 Å². The molecule has 1 rings (SSSR count). The fraction of sp³-hybridized carbons (Fsp3) is 0.538. The lowest BCUT2D eigenvalue weighted by Crippen LogP contribution is -2.36. The summed E-state index contributed by atoms with van der Waals surface area (Å²) in [5.41, 5.74) is 0.215. The van der Waals surface area contributed by atoms with Gasteiger partial charge in [-0.2, -0.15) is 13.2 Å². The van der Waals surface area contributed by atoms with Gasteiger partial charge in [0.1, 0.15) is 5.82 Å². The molecule has 1 amide bonds. The summed E-state index contributed by atoms with van der Waals surface area (Å²) in [7, 11) is 0. The number of alkyl halides is 3. The van der Waals surface area contributed by atoms with Crippen molar-refractivity contribution >= 4 is 27.7 Å². The quantitative estimate of drug-likeness (QED) is 0.805. The Labute approximate surface area is 129 Å². The number of anilines is 1. The zero-order valence-electron chi connectivity index (χ0n) is 11.7. The van der Waals surface area contributed by atoms with Crippen molar-refractivity contribution in [2.24, 2.45) is 0 Å². The Morgan fingerprint density at radius 2 is 2.14 bits per heavy atom. The molecule has 0 radical (unpaired) electrons. The molecule has 2 N–H and O–H groups in total. The van der Waals surface area contributed by atoms with Gasteiger partial charge >= 0.3 is 6.18 Å². The van der Waals surface area contributed by atoms with Crippen LogP contribution >= 0.6 is 15.9 Å². The van der Waals surface area contributed by atoms with Gasteiger partial charge in [-0.3, -0.25) is 4.79 Å². The first kappa shape index (κ1) is 17.7. The minimum absolute atomic E-state index is 0.215. The molecular formula is C13H17BrF3N3O. The molecule has 0 bridgehead atoms. The van der Waals surface area contributed by atoms with E-state index in [2.05, 4.69) is 31.5 Å². The van der Waals surface area contributed by atoms with Gasteiger partial charge in [-0.15, -0.1) is 0 Å². The molecule has 0 saturated heterocycles.